The number of fused-ring (bicyclic) bond motifs is 6. The lowest BCUT2D eigenvalue weighted by atomic mass is 9.98. The monoisotopic (exact) mass is 708 g/mol. The van der Waals surface area contributed by atoms with Crippen molar-refractivity contribution < 1.29 is 17.6 Å². The fraction of sp³-hybridized carbons (Fsp3) is 0.0217. The molecule has 8 heteroatoms. The van der Waals surface area contributed by atoms with E-state index < -0.39 is 11.7 Å². The van der Waals surface area contributed by atoms with Gasteiger partial charge in [0.15, 0.2) is 17.5 Å². The van der Waals surface area contributed by atoms with Gasteiger partial charge in [-0.25, -0.2) is 15.0 Å². The van der Waals surface area contributed by atoms with Crippen molar-refractivity contribution in [1.82, 2.24) is 19.5 Å². The summed E-state index contributed by atoms with van der Waals surface area (Å²) in [6, 6.07) is 50.8. The molecular formula is C46H27F3N4O. The molecule has 0 N–H and O–H groups in total. The van der Waals surface area contributed by atoms with Crippen molar-refractivity contribution in [2.75, 3.05) is 0 Å². The summed E-state index contributed by atoms with van der Waals surface area (Å²) < 4.78 is 51.1. The molecule has 3 heterocycles. The van der Waals surface area contributed by atoms with Crippen LogP contribution in [0.3, 0.4) is 0 Å². The normalized spacial score (nSPS) is 12.0. The number of alkyl halides is 3. The number of rotatable bonds is 5. The van der Waals surface area contributed by atoms with E-state index in [9.17, 15) is 13.2 Å². The third-order valence-corrected chi connectivity index (χ3v) is 9.89. The minimum Gasteiger partial charge on any atom is -0.455 e. The van der Waals surface area contributed by atoms with Crippen molar-refractivity contribution in [3.05, 3.63) is 169 Å². The molecule has 0 saturated carbocycles. The van der Waals surface area contributed by atoms with Gasteiger partial charge < -0.3 is 8.98 Å². The van der Waals surface area contributed by atoms with Crippen LogP contribution in [0.15, 0.2) is 168 Å². The van der Waals surface area contributed by atoms with E-state index in [4.69, 9.17) is 19.4 Å². The first-order valence-electron chi connectivity index (χ1n) is 17.4. The number of benzene rings is 7. The van der Waals surface area contributed by atoms with E-state index in [1.165, 1.54) is 6.07 Å². The van der Waals surface area contributed by atoms with Gasteiger partial charge in [-0.1, -0.05) is 127 Å². The Morgan fingerprint density at radius 2 is 1.06 bits per heavy atom. The number of nitrogens with zero attached hydrogens (tertiary/aromatic N) is 4. The summed E-state index contributed by atoms with van der Waals surface area (Å²) in [5.41, 5.74) is 6.46. The maximum Gasteiger partial charge on any atom is 0.416 e. The van der Waals surface area contributed by atoms with E-state index in [0.717, 1.165) is 61.2 Å². The number of hydrogen-bond acceptors (Lipinski definition) is 4. The average molecular weight is 709 g/mol. The van der Waals surface area contributed by atoms with Gasteiger partial charge in [-0.15, -0.1) is 0 Å². The predicted octanol–water partition coefficient (Wildman–Crippen LogP) is 12.6. The van der Waals surface area contributed by atoms with Crippen LogP contribution >= 0.6 is 0 Å². The molecule has 0 amide bonds. The molecule has 0 spiro atoms. The maximum absolute atomic E-state index is 14.3. The first-order valence-corrected chi connectivity index (χ1v) is 17.4. The Morgan fingerprint density at radius 1 is 0.444 bits per heavy atom. The van der Waals surface area contributed by atoms with Crippen molar-refractivity contribution in [3.8, 4) is 51.0 Å². The molecule has 0 fully saturated rings. The summed E-state index contributed by atoms with van der Waals surface area (Å²) in [5.74, 6) is 1.31. The Kier molecular flexibility index (Phi) is 7.20. The second kappa shape index (κ2) is 12.3. The summed E-state index contributed by atoms with van der Waals surface area (Å²) in [7, 11) is 0. The van der Waals surface area contributed by atoms with Crippen LogP contribution < -0.4 is 0 Å². The molecule has 0 aliphatic rings. The molecule has 54 heavy (non-hydrogen) atoms. The van der Waals surface area contributed by atoms with Crippen LogP contribution in [0.2, 0.25) is 0 Å². The number of halogens is 3. The number of hydrogen-bond donors (Lipinski definition) is 0. The number of aromatic nitrogens is 4. The van der Waals surface area contributed by atoms with Crippen LogP contribution in [0, 0.1) is 0 Å². The summed E-state index contributed by atoms with van der Waals surface area (Å²) in [6.07, 6.45) is -4.53. The highest BCUT2D eigenvalue weighted by molar-refractivity contribution is 6.11. The second-order valence-electron chi connectivity index (χ2n) is 13.1. The molecule has 10 rings (SSSR count). The summed E-state index contributed by atoms with van der Waals surface area (Å²) in [4.78, 5) is 15.1. The zero-order valence-corrected chi connectivity index (χ0v) is 28.4. The highest BCUT2D eigenvalue weighted by atomic mass is 19.4. The van der Waals surface area contributed by atoms with Gasteiger partial charge in [-0.05, 0) is 42.0 Å². The Morgan fingerprint density at radius 3 is 1.78 bits per heavy atom. The maximum atomic E-state index is 14.3. The fourth-order valence-corrected chi connectivity index (χ4v) is 7.39. The minimum atomic E-state index is -4.53. The van der Waals surface area contributed by atoms with Crippen molar-refractivity contribution in [2.24, 2.45) is 0 Å². The van der Waals surface area contributed by atoms with Crippen molar-refractivity contribution in [1.29, 1.82) is 0 Å². The van der Waals surface area contributed by atoms with E-state index >= 15 is 0 Å². The Balaban J connectivity index is 1.31. The van der Waals surface area contributed by atoms with Gasteiger partial charge in [0, 0.05) is 43.8 Å². The molecule has 0 atom stereocenters. The zero-order valence-electron chi connectivity index (χ0n) is 28.4. The molecule has 10 aromatic rings. The number of para-hydroxylation sites is 3. The highest BCUT2D eigenvalue weighted by Crippen LogP contribution is 2.42. The van der Waals surface area contributed by atoms with Gasteiger partial charge in [0.1, 0.15) is 11.2 Å². The van der Waals surface area contributed by atoms with Crippen LogP contribution in [-0.4, -0.2) is 19.5 Å². The van der Waals surface area contributed by atoms with Gasteiger partial charge in [0.05, 0.1) is 22.3 Å². The molecular weight excluding hydrogens is 682 g/mol. The SMILES string of the molecule is FC(F)(F)c1ccc2c3ccccc3n(-c3ccc(-c4cccc5c4oc4ccccc45)cc3-c3nc(-c4ccccc4)nc(-c4ccccc4)n3)c2c1. The summed E-state index contributed by atoms with van der Waals surface area (Å²) in [5, 5.41) is 3.52. The van der Waals surface area contributed by atoms with Crippen LogP contribution in [0.1, 0.15) is 5.56 Å². The lowest BCUT2D eigenvalue weighted by Gasteiger charge is -2.17. The third kappa shape index (κ3) is 5.22. The van der Waals surface area contributed by atoms with E-state index in [0.29, 0.717) is 39.6 Å². The molecule has 0 saturated heterocycles. The largest absolute Gasteiger partial charge is 0.455 e. The zero-order chi connectivity index (χ0) is 36.4. The smallest absolute Gasteiger partial charge is 0.416 e. The molecule has 5 nitrogen and oxygen atoms in total. The number of furan rings is 1. The fourth-order valence-electron chi connectivity index (χ4n) is 7.39. The quantitative estimate of drug-likeness (QED) is 0.179. The second-order valence-corrected chi connectivity index (χ2v) is 13.1. The van der Waals surface area contributed by atoms with Crippen LogP contribution in [0.25, 0.3) is 94.7 Å². The predicted molar refractivity (Wildman–Crippen MR) is 208 cm³/mol. The van der Waals surface area contributed by atoms with Crippen molar-refractivity contribution in [3.63, 3.8) is 0 Å². The molecule has 7 aromatic carbocycles. The highest BCUT2D eigenvalue weighted by Gasteiger charge is 2.31. The first kappa shape index (κ1) is 31.7. The van der Waals surface area contributed by atoms with Crippen molar-refractivity contribution in [2.45, 2.75) is 6.18 Å². The lowest BCUT2D eigenvalue weighted by Crippen LogP contribution is -2.06. The Bertz CT molecular complexity index is 2980. The topological polar surface area (TPSA) is 56.7 Å². The molecule has 0 unspecified atom stereocenters. The summed E-state index contributed by atoms with van der Waals surface area (Å²) >= 11 is 0. The van der Waals surface area contributed by atoms with E-state index in [1.54, 1.807) is 6.07 Å². The molecule has 3 aromatic heterocycles. The lowest BCUT2D eigenvalue weighted by molar-refractivity contribution is -0.137. The molecule has 0 bridgehead atoms. The molecule has 0 aliphatic carbocycles. The van der Waals surface area contributed by atoms with Gasteiger partial charge in [-0.3, -0.25) is 0 Å². The van der Waals surface area contributed by atoms with E-state index in [1.807, 2.05) is 150 Å². The molecule has 0 aliphatic heterocycles. The minimum absolute atomic E-state index is 0.370. The molecule has 0 radical (unpaired) electrons. The van der Waals surface area contributed by atoms with Gasteiger partial charge in [0.2, 0.25) is 0 Å². The van der Waals surface area contributed by atoms with Crippen LogP contribution in [-0.2, 0) is 6.18 Å². The van der Waals surface area contributed by atoms with Gasteiger partial charge >= 0.3 is 6.18 Å². The van der Waals surface area contributed by atoms with Gasteiger partial charge in [-0.2, -0.15) is 13.2 Å². The van der Waals surface area contributed by atoms with Crippen LogP contribution in [0.5, 0.6) is 0 Å². The van der Waals surface area contributed by atoms with Crippen LogP contribution in [0.4, 0.5) is 13.2 Å². The third-order valence-electron chi connectivity index (χ3n) is 9.89. The first-order chi connectivity index (χ1) is 26.4. The summed E-state index contributed by atoms with van der Waals surface area (Å²) in [6.45, 7) is 0. The van der Waals surface area contributed by atoms with E-state index in [-0.39, 0.29) is 0 Å². The Hall–Kier alpha value is -7.06. The standard InChI is InChI=1S/C46H27F3N4O/c47-46(48,49)31-23-24-34-33-16-7-9-20-38(33)53(40(34)27-31)39-25-22-30(32-18-11-19-36-35-17-8-10-21-41(35)54-42(32)36)26-37(39)45-51-43(28-12-3-1-4-13-28)50-44(52-45)29-14-5-2-6-15-29/h1-27H. The van der Waals surface area contributed by atoms with Crippen molar-refractivity contribution >= 4 is 43.7 Å². The Labute approximate surface area is 306 Å². The van der Waals surface area contributed by atoms with E-state index in [2.05, 4.69) is 0 Å². The average Bonchev–Trinajstić information content (AvgIpc) is 3.76. The van der Waals surface area contributed by atoms with Gasteiger partial charge in [0.25, 0.3) is 0 Å². The molecule has 258 valence electrons.